The summed E-state index contributed by atoms with van der Waals surface area (Å²) in [7, 11) is 1.98. The van der Waals surface area contributed by atoms with Gasteiger partial charge in [-0.15, -0.1) is 0 Å². The molecule has 0 aromatic rings. The molecule has 0 amide bonds. The van der Waals surface area contributed by atoms with E-state index < -0.39 is 0 Å². The molecule has 2 nitrogen and oxygen atoms in total. The standard InChI is InChI=1S/C10H19NO/c1-9(2)7-10(3,11-4)6-5-8(9)12/h11H,5-7H2,1-4H3. The van der Waals surface area contributed by atoms with Gasteiger partial charge in [-0.3, -0.25) is 4.79 Å². The molecule has 1 fully saturated rings. The molecule has 1 atom stereocenters. The van der Waals surface area contributed by atoms with E-state index in [-0.39, 0.29) is 11.0 Å². The lowest BCUT2D eigenvalue weighted by Gasteiger charge is -2.41. The number of carbonyl (C=O) groups is 1. The summed E-state index contributed by atoms with van der Waals surface area (Å²) in [6, 6.07) is 0. The van der Waals surface area contributed by atoms with Gasteiger partial charge >= 0.3 is 0 Å². The molecule has 1 unspecified atom stereocenters. The molecule has 1 rings (SSSR count). The fraction of sp³-hybridized carbons (Fsp3) is 0.900. The second-order valence-corrected chi connectivity index (χ2v) is 4.79. The van der Waals surface area contributed by atoms with Crippen molar-refractivity contribution in [1.29, 1.82) is 0 Å². The number of hydrogen-bond acceptors (Lipinski definition) is 2. The van der Waals surface area contributed by atoms with Crippen LogP contribution in [0.15, 0.2) is 0 Å². The first kappa shape index (κ1) is 9.72. The highest BCUT2D eigenvalue weighted by atomic mass is 16.1. The van der Waals surface area contributed by atoms with Crippen LogP contribution >= 0.6 is 0 Å². The van der Waals surface area contributed by atoms with Gasteiger partial charge in [0.05, 0.1) is 0 Å². The molecule has 0 heterocycles. The minimum atomic E-state index is -0.129. The number of carbonyl (C=O) groups excluding carboxylic acids is 1. The number of ketones is 1. The number of nitrogens with one attached hydrogen (secondary N) is 1. The fourth-order valence-electron chi connectivity index (χ4n) is 2.10. The Morgan fingerprint density at radius 1 is 1.33 bits per heavy atom. The third-order valence-electron chi connectivity index (χ3n) is 3.09. The Balaban J connectivity index is 2.75. The molecule has 0 aromatic heterocycles. The third-order valence-corrected chi connectivity index (χ3v) is 3.09. The van der Waals surface area contributed by atoms with E-state index in [1.165, 1.54) is 0 Å². The first-order chi connectivity index (χ1) is 5.40. The quantitative estimate of drug-likeness (QED) is 0.648. The normalized spacial score (nSPS) is 35.2. The summed E-state index contributed by atoms with van der Waals surface area (Å²) >= 11 is 0. The third kappa shape index (κ3) is 1.69. The van der Waals surface area contributed by atoms with E-state index in [9.17, 15) is 4.79 Å². The maximum atomic E-state index is 11.5. The van der Waals surface area contributed by atoms with Gasteiger partial charge in [0.1, 0.15) is 5.78 Å². The van der Waals surface area contributed by atoms with E-state index in [4.69, 9.17) is 0 Å². The van der Waals surface area contributed by atoms with Crippen LogP contribution in [0.25, 0.3) is 0 Å². The minimum absolute atomic E-state index is 0.129. The van der Waals surface area contributed by atoms with Crippen LogP contribution in [0.2, 0.25) is 0 Å². The van der Waals surface area contributed by atoms with Gasteiger partial charge < -0.3 is 5.32 Å². The van der Waals surface area contributed by atoms with Crippen molar-refractivity contribution >= 4 is 5.78 Å². The van der Waals surface area contributed by atoms with Gasteiger partial charge in [0.15, 0.2) is 0 Å². The monoisotopic (exact) mass is 169 g/mol. The largest absolute Gasteiger partial charge is 0.314 e. The van der Waals surface area contributed by atoms with Crippen LogP contribution in [0.5, 0.6) is 0 Å². The van der Waals surface area contributed by atoms with Crippen LogP contribution in [0, 0.1) is 5.41 Å². The summed E-state index contributed by atoms with van der Waals surface area (Å²) in [4.78, 5) is 11.5. The molecule has 1 aliphatic rings. The molecular formula is C10H19NO. The van der Waals surface area contributed by atoms with Crippen LogP contribution < -0.4 is 5.32 Å². The summed E-state index contributed by atoms with van der Waals surface area (Å²) in [6.07, 6.45) is 2.66. The van der Waals surface area contributed by atoms with Crippen LogP contribution in [0.1, 0.15) is 40.0 Å². The Kier molecular flexibility index (Phi) is 2.30. The van der Waals surface area contributed by atoms with E-state index in [0.717, 1.165) is 19.3 Å². The SMILES string of the molecule is CNC1(C)CCC(=O)C(C)(C)C1. The van der Waals surface area contributed by atoms with Gasteiger partial charge in [-0.05, 0) is 26.8 Å². The maximum absolute atomic E-state index is 11.5. The van der Waals surface area contributed by atoms with Gasteiger partial charge in [-0.25, -0.2) is 0 Å². The highest BCUT2D eigenvalue weighted by Crippen LogP contribution is 2.37. The first-order valence-corrected chi connectivity index (χ1v) is 4.62. The average molecular weight is 169 g/mol. The number of hydrogen-bond donors (Lipinski definition) is 1. The maximum Gasteiger partial charge on any atom is 0.138 e. The van der Waals surface area contributed by atoms with Gasteiger partial charge in [-0.1, -0.05) is 13.8 Å². The van der Waals surface area contributed by atoms with Crippen molar-refractivity contribution in [2.45, 2.75) is 45.6 Å². The molecular weight excluding hydrogens is 150 g/mol. The van der Waals surface area contributed by atoms with Crippen molar-refractivity contribution in [1.82, 2.24) is 5.32 Å². The van der Waals surface area contributed by atoms with Crippen LogP contribution in [0.4, 0.5) is 0 Å². The first-order valence-electron chi connectivity index (χ1n) is 4.62. The Labute approximate surface area is 74.7 Å². The molecule has 0 spiro atoms. The second kappa shape index (κ2) is 2.84. The Hall–Kier alpha value is -0.370. The summed E-state index contributed by atoms with van der Waals surface area (Å²) in [6.45, 7) is 6.29. The molecule has 1 aliphatic carbocycles. The molecule has 70 valence electrons. The van der Waals surface area contributed by atoms with E-state index in [1.54, 1.807) is 0 Å². The topological polar surface area (TPSA) is 29.1 Å². The summed E-state index contributed by atoms with van der Waals surface area (Å²) in [5, 5.41) is 3.30. The second-order valence-electron chi connectivity index (χ2n) is 4.79. The molecule has 1 saturated carbocycles. The minimum Gasteiger partial charge on any atom is -0.314 e. The zero-order valence-corrected chi connectivity index (χ0v) is 8.53. The van der Waals surface area contributed by atoms with Crippen molar-refractivity contribution in [2.75, 3.05) is 7.05 Å². The summed E-state index contributed by atoms with van der Waals surface area (Å²) in [5.41, 5.74) is 0.0351. The van der Waals surface area contributed by atoms with E-state index in [0.29, 0.717) is 5.78 Å². The average Bonchev–Trinajstić information content (AvgIpc) is 1.97. The molecule has 0 aliphatic heterocycles. The highest BCUT2D eigenvalue weighted by Gasteiger charge is 2.40. The van der Waals surface area contributed by atoms with Crippen LogP contribution in [-0.2, 0) is 4.79 Å². The van der Waals surface area contributed by atoms with Crippen molar-refractivity contribution in [2.24, 2.45) is 5.41 Å². The Morgan fingerprint density at radius 3 is 2.33 bits per heavy atom. The molecule has 1 N–H and O–H groups in total. The molecule has 0 aromatic carbocycles. The molecule has 12 heavy (non-hydrogen) atoms. The zero-order valence-electron chi connectivity index (χ0n) is 8.53. The highest BCUT2D eigenvalue weighted by molar-refractivity contribution is 5.85. The molecule has 0 radical (unpaired) electrons. The summed E-state index contributed by atoms with van der Waals surface area (Å²) < 4.78 is 0. The summed E-state index contributed by atoms with van der Waals surface area (Å²) in [5.74, 6) is 0.412. The number of Topliss-reactive ketones (excluding diaryl/α,β-unsaturated/α-hetero) is 1. The molecule has 0 saturated heterocycles. The zero-order chi connectivity index (χ0) is 9.41. The van der Waals surface area contributed by atoms with Gasteiger partial charge in [0, 0.05) is 17.4 Å². The van der Waals surface area contributed by atoms with Crippen molar-refractivity contribution in [3.05, 3.63) is 0 Å². The fourth-order valence-corrected chi connectivity index (χ4v) is 2.10. The smallest absolute Gasteiger partial charge is 0.138 e. The van der Waals surface area contributed by atoms with Crippen molar-refractivity contribution in [3.8, 4) is 0 Å². The van der Waals surface area contributed by atoms with Crippen molar-refractivity contribution < 1.29 is 4.79 Å². The predicted octanol–water partition coefficient (Wildman–Crippen LogP) is 1.74. The van der Waals surface area contributed by atoms with E-state index in [2.05, 4.69) is 12.2 Å². The van der Waals surface area contributed by atoms with Crippen LogP contribution in [0.3, 0.4) is 0 Å². The number of rotatable bonds is 1. The van der Waals surface area contributed by atoms with E-state index >= 15 is 0 Å². The lowest BCUT2D eigenvalue weighted by atomic mass is 9.68. The predicted molar refractivity (Wildman–Crippen MR) is 50.1 cm³/mol. The lowest BCUT2D eigenvalue weighted by Crippen LogP contribution is -2.49. The molecule has 2 heteroatoms. The Morgan fingerprint density at radius 2 is 1.92 bits per heavy atom. The van der Waals surface area contributed by atoms with Gasteiger partial charge in [0.25, 0.3) is 0 Å². The van der Waals surface area contributed by atoms with E-state index in [1.807, 2.05) is 20.9 Å². The lowest BCUT2D eigenvalue weighted by molar-refractivity contribution is -0.131. The van der Waals surface area contributed by atoms with Gasteiger partial charge in [-0.2, -0.15) is 0 Å². The van der Waals surface area contributed by atoms with Crippen LogP contribution in [-0.4, -0.2) is 18.4 Å². The molecule has 0 bridgehead atoms. The van der Waals surface area contributed by atoms with Crippen molar-refractivity contribution in [3.63, 3.8) is 0 Å². The van der Waals surface area contributed by atoms with Gasteiger partial charge in [0.2, 0.25) is 0 Å². The Bertz CT molecular complexity index is 198.